The Hall–Kier alpha value is -1.99. The fraction of sp³-hybridized carbons (Fsp3) is 0.214. The van der Waals surface area contributed by atoms with Crippen molar-refractivity contribution >= 4 is 45.7 Å². The maximum absolute atomic E-state index is 13.7. The van der Waals surface area contributed by atoms with E-state index in [1.807, 2.05) is 0 Å². The van der Waals surface area contributed by atoms with Gasteiger partial charge in [0.15, 0.2) is 0 Å². The monoisotopic (exact) mass is 342 g/mol. The van der Waals surface area contributed by atoms with E-state index < -0.39 is 17.2 Å². The third kappa shape index (κ3) is 3.10. The number of esters is 1. The minimum absolute atomic E-state index is 0.00343. The molecule has 5 nitrogen and oxygen atoms in total. The molecule has 0 unspecified atom stereocenters. The minimum Gasteiger partial charge on any atom is -0.462 e. The van der Waals surface area contributed by atoms with Gasteiger partial charge < -0.3 is 15.0 Å². The molecule has 0 atom stereocenters. The number of hydrogen-bond acceptors (Lipinski definition) is 4. The Morgan fingerprint density at radius 1 is 1.50 bits per heavy atom. The molecule has 0 saturated heterocycles. The third-order valence-corrected chi connectivity index (χ3v) is 3.36. The lowest BCUT2D eigenvalue weighted by molar-refractivity contribution is 0.0524. The molecule has 0 aliphatic rings. The molecule has 1 aromatic carbocycles. The molecule has 0 saturated carbocycles. The van der Waals surface area contributed by atoms with Crippen molar-refractivity contribution < 1.29 is 13.9 Å². The molecular weight excluding hydrogens is 331 g/mol. The lowest BCUT2D eigenvalue weighted by atomic mass is 10.1. The van der Waals surface area contributed by atoms with E-state index in [0.717, 1.165) is 6.07 Å². The molecule has 0 radical (unpaired) electrons. The number of halogens is 2. The van der Waals surface area contributed by atoms with E-state index in [0.29, 0.717) is 5.52 Å². The van der Waals surface area contributed by atoms with E-state index in [4.69, 9.17) is 34.3 Å². The molecular formula is C14H12ClFN2O3S. The van der Waals surface area contributed by atoms with Crippen LogP contribution in [-0.2, 0) is 11.3 Å². The van der Waals surface area contributed by atoms with Crippen LogP contribution < -0.4 is 11.2 Å². The Kier molecular flexibility index (Phi) is 4.77. The highest BCUT2D eigenvalue weighted by atomic mass is 35.5. The second-order valence-electron chi connectivity index (χ2n) is 4.47. The minimum atomic E-state index is -0.790. The molecule has 8 heteroatoms. The van der Waals surface area contributed by atoms with Gasteiger partial charge in [0.2, 0.25) is 5.43 Å². The number of thiocarbonyl (C=S) groups is 1. The summed E-state index contributed by atoms with van der Waals surface area (Å²) in [6.07, 6.45) is 1.29. The van der Waals surface area contributed by atoms with Gasteiger partial charge >= 0.3 is 5.97 Å². The molecule has 116 valence electrons. The second kappa shape index (κ2) is 6.41. The first-order chi connectivity index (χ1) is 10.3. The van der Waals surface area contributed by atoms with E-state index in [1.54, 1.807) is 6.92 Å². The van der Waals surface area contributed by atoms with E-state index in [2.05, 4.69) is 0 Å². The van der Waals surface area contributed by atoms with Crippen molar-refractivity contribution in [3.05, 3.63) is 45.0 Å². The van der Waals surface area contributed by atoms with E-state index in [9.17, 15) is 14.0 Å². The zero-order chi connectivity index (χ0) is 16.4. The van der Waals surface area contributed by atoms with Gasteiger partial charge in [-0.3, -0.25) is 4.79 Å². The Labute approximate surface area is 135 Å². The molecule has 0 aliphatic heterocycles. The molecule has 0 bridgehead atoms. The predicted molar refractivity (Wildman–Crippen MR) is 85.9 cm³/mol. The van der Waals surface area contributed by atoms with Gasteiger partial charge in [0.1, 0.15) is 11.4 Å². The van der Waals surface area contributed by atoms with Crippen LogP contribution in [-0.4, -0.2) is 22.1 Å². The molecule has 0 aliphatic carbocycles. The van der Waals surface area contributed by atoms with Crippen LogP contribution in [0.5, 0.6) is 0 Å². The van der Waals surface area contributed by atoms with E-state index in [-0.39, 0.29) is 34.1 Å². The summed E-state index contributed by atoms with van der Waals surface area (Å²) in [7, 11) is 0. The zero-order valence-corrected chi connectivity index (χ0v) is 13.1. The maximum Gasteiger partial charge on any atom is 0.343 e. The van der Waals surface area contributed by atoms with Gasteiger partial charge in [0.25, 0.3) is 0 Å². The number of benzene rings is 1. The average molecular weight is 343 g/mol. The summed E-state index contributed by atoms with van der Waals surface area (Å²) < 4.78 is 20.0. The lowest BCUT2D eigenvalue weighted by Gasteiger charge is -2.13. The number of ether oxygens (including phenoxy) is 1. The summed E-state index contributed by atoms with van der Waals surface area (Å²) in [4.78, 5) is 24.4. The third-order valence-electron chi connectivity index (χ3n) is 2.94. The second-order valence-corrected chi connectivity index (χ2v) is 5.40. The summed E-state index contributed by atoms with van der Waals surface area (Å²) in [5, 5.41) is -0.142. The Morgan fingerprint density at radius 3 is 2.77 bits per heavy atom. The SMILES string of the molecule is CCOC(=O)c1cn(CC(N)=S)c2cc(Cl)c(F)cc2c1=O. The molecule has 22 heavy (non-hydrogen) atoms. The van der Waals surface area contributed by atoms with Crippen LogP contribution in [0.4, 0.5) is 4.39 Å². The van der Waals surface area contributed by atoms with Crippen molar-refractivity contribution in [2.75, 3.05) is 6.61 Å². The number of nitrogens with zero attached hydrogens (tertiary/aromatic N) is 1. The summed E-state index contributed by atoms with van der Waals surface area (Å²) in [6, 6.07) is 2.28. The molecule has 1 heterocycles. The summed E-state index contributed by atoms with van der Waals surface area (Å²) in [5.41, 5.74) is 5.00. The highest BCUT2D eigenvalue weighted by Crippen LogP contribution is 2.22. The molecule has 1 aromatic heterocycles. The fourth-order valence-electron chi connectivity index (χ4n) is 2.04. The van der Waals surface area contributed by atoms with Gasteiger partial charge in [0.05, 0.1) is 28.7 Å². The summed E-state index contributed by atoms with van der Waals surface area (Å²) in [5.74, 6) is -1.55. The largest absolute Gasteiger partial charge is 0.462 e. The Morgan fingerprint density at radius 2 is 2.18 bits per heavy atom. The number of fused-ring (bicyclic) bond motifs is 1. The highest BCUT2D eigenvalue weighted by molar-refractivity contribution is 7.80. The first-order valence-electron chi connectivity index (χ1n) is 6.32. The Balaban J connectivity index is 2.81. The number of carbonyl (C=O) groups excluding carboxylic acids is 1. The van der Waals surface area contributed by atoms with Crippen LogP contribution in [0, 0.1) is 5.82 Å². The van der Waals surface area contributed by atoms with Crippen LogP contribution in [0.15, 0.2) is 23.1 Å². The smallest absolute Gasteiger partial charge is 0.343 e. The van der Waals surface area contributed by atoms with Crippen LogP contribution in [0.3, 0.4) is 0 Å². The number of pyridine rings is 1. The first-order valence-corrected chi connectivity index (χ1v) is 7.11. The number of nitrogens with two attached hydrogens (primary N) is 1. The first kappa shape index (κ1) is 16.4. The molecule has 0 fully saturated rings. The quantitative estimate of drug-likeness (QED) is 0.681. The maximum atomic E-state index is 13.7. The number of rotatable bonds is 4. The molecule has 0 spiro atoms. The van der Waals surface area contributed by atoms with Gasteiger partial charge in [-0.15, -0.1) is 0 Å². The normalized spacial score (nSPS) is 10.7. The lowest BCUT2D eigenvalue weighted by Crippen LogP contribution is -2.24. The average Bonchev–Trinajstić information content (AvgIpc) is 2.44. The Bertz CT molecular complexity index is 835. The van der Waals surface area contributed by atoms with Crippen molar-refractivity contribution in [1.29, 1.82) is 0 Å². The van der Waals surface area contributed by atoms with Crippen LogP contribution in [0.1, 0.15) is 17.3 Å². The van der Waals surface area contributed by atoms with Crippen LogP contribution in [0.2, 0.25) is 5.02 Å². The fourth-order valence-corrected chi connectivity index (χ4v) is 2.33. The van der Waals surface area contributed by atoms with Crippen molar-refractivity contribution in [2.45, 2.75) is 13.5 Å². The number of hydrogen-bond donors (Lipinski definition) is 1. The molecule has 2 N–H and O–H groups in total. The van der Waals surface area contributed by atoms with Crippen molar-refractivity contribution in [3.8, 4) is 0 Å². The summed E-state index contributed by atoms with van der Waals surface area (Å²) >= 11 is 10.6. The topological polar surface area (TPSA) is 74.3 Å². The molecule has 2 aromatic rings. The van der Waals surface area contributed by atoms with Crippen LogP contribution in [0.25, 0.3) is 10.9 Å². The van der Waals surface area contributed by atoms with Gasteiger partial charge in [-0.05, 0) is 19.1 Å². The zero-order valence-electron chi connectivity index (χ0n) is 11.6. The van der Waals surface area contributed by atoms with E-state index >= 15 is 0 Å². The standard InChI is InChI=1S/C14H12ClFN2O3S/c1-2-21-14(20)8-5-18(6-12(17)22)11-4-9(15)10(16)3-7(11)13(8)19/h3-5H,2,6H2,1H3,(H2,17,22). The number of aromatic nitrogens is 1. The predicted octanol–water partition coefficient (Wildman–Crippen LogP) is 2.26. The van der Waals surface area contributed by atoms with Crippen molar-refractivity contribution in [3.63, 3.8) is 0 Å². The number of carbonyl (C=O) groups is 1. The summed E-state index contributed by atoms with van der Waals surface area (Å²) in [6.45, 7) is 1.80. The van der Waals surface area contributed by atoms with Gasteiger partial charge in [-0.25, -0.2) is 9.18 Å². The van der Waals surface area contributed by atoms with Gasteiger partial charge in [-0.2, -0.15) is 0 Å². The van der Waals surface area contributed by atoms with Gasteiger partial charge in [0, 0.05) is 11.6 Å². The van der Waals surface area contributed by atoms with Gasteiger partial charge in [-0.1, -0.05) is 23.8 Å². The van der Waals surface area contributed by atoms with Crippen molar-refractivity contribution in [1.82, 2.24) is 4.57 Å². The van der Waals surface area contributed by atoms with E-state index in [1.165, 1.54) is 16.8 Å². The van der Waals surface area contributed by atoms with Crippen molar-refractivity contribution in [2.24, 2.45) is 5.73 Å². The van der Waals surface area contributed by atoms with Crippen LogP contribution >= 0.6 is 23.8 Å². The highest BCUT2D eigenvalue weighted by Gasteiger charge is 2.18. The molecule has 2 rings (SSSR count). The molecule has 0 amide bonds.